The fourth-order valence-corrected chi connectivity index (χ4v) is 2.62. The molecule has 2 aromatic carbocycles. The summed E-state index contributed by atoms with van der Waals surface area (Å²) in [5.41, 5.74) is 1.91. The van der Waals surface area contributed by atoms with Crippen LogP contribution >= 0.6 is 11.6 Å². The van der Waals surface area contributed by atoms with Crippen LogP contribution < -0.4 is 9.47 Å². The molecule has 0 aliphatic rings. The number of ether oxygens (including phenoxy) is 2. The van der Waals surface area contributed by atoms with Crippen LogP contribution in [0, 0.1) is 0 Å². The molecule has 2 rings (SSSR count). The average molecular weight is 361 g/mol. The lowest BCUT2D eigenvalue weighted by Crippen LogP contribution is -2.03. The Morgan fingerprint density at radius 2 is 1.96 bits per heavy atom. The van der Waals surface area contributed by atoms with Crippen molar-refractivity contribution in [1.29, 1.82) is 0 Å². The van der Waals surface area contributed by atoms with Crippen molar-refractivity contribution in [2.24, 2.45) is 0 Å². The summed E-state index contributed by atoms with van der Waals surface area (Å²) < 4.78 is 11.4. The predicted octanol–water partition coefficient (Wildman–Crippen LogP) is 4.85. The number of hydrogen-bond acceptors (Lipinski definition) is 3. The monoisotopic (exact) mass is 360 g/mol. The van der Waals surface area contributed by atoms with Crippen LogP contribution in [0.15, 0.2) is 48.5 Å². The fraction of sp³-hybridized carbons (Fsp3) is 0.250. The van der Waals surface area contributed by atoms with Gasteiger partial charge in [-0.15, -0.1) is 0 Å². The van der Waals surface area contributed by atoms with Crippen molar-refractivity contribution in [2.75, 3.05) is 13.2 Å². The van der Waals surface area contributed by atoms with E-state index in [1.54, 1.807) is 12.1 Å². The summed E-state index contributed by atoms with van der Waals surface area (Å²) in [6.07, 6.45) is 4.30. The average Bonchev–Trinajstić information content (AvgIpc) is 2.59. The molecule has 0 fully saturated rings. The number of aryl methyl sites for hydroxylation is 1. The van der Waals surface area contributed by atoms with E-state index in [0.717, 1.165) is 18.9 Å². The van der Waals surface area contributed by atoms with Gasteiger partial charge in [0.2, 0.25) is 0 Å². The number of carboxylic acids is 1. The summed E-state index contributed by atoms with van der Waals surface area (Å²) >= 11 is 6.30. The largest absolute Gasteiger partial charge is 0.490 e. The first kappa shape index (κ1) is 18.9. The first-order valence-corrected chi connectivity index (χ1v) is 8.52. The molecule has 0 heterocycles. The summed E-state index contributed by atoms with van der Waals surface area (Å²) in [7, 11) is 0. The maximum Gasteiger partial charge on any atom is 0.328 e. The Hall–Kier alpha value is -2.46. The van der Waals surface area contributed by atoms with Gasteiger partial charge >= 0.3 is 5.97 Å². The molecule has 0 unspecified atom stereocenters. The molecular weight excluding hydrogens is 340 g/mol. The molecule has 2 aromatic rings. The van der Waals surface area contributed by atoms with Crippen LogP contribution in [-0.2, 0) is 11.2 Å². The van der Waals surface area contributed by atoms with Gasteiger partial charge in [0, 0.05) is 6.08 Å². The van der Waals surface area contributed by atoms with E-state index in [1.165, 1.54) is 11.6 Å². The van der Waals surface area contributed by atoms with E-state index in [2.05, 4.69) is 12.1 Å². The number of hydrogen-bond donors (Lipinski definition) is 1. The maximum atomic E-state index is 10.7. The van der Waals surface area contributed by atoms with Gasteiger partial charge < -0.3 is 14.6 Å². The van der Waals surface area contributed by atoms with E-state index in [4.69, 9.17) is 26.2 Å². The summed E-state index contributed by atoms with van der Waals surface area (Å²) in [5.74, 6) is -0.0147. The second kappa shape index (κ2) is 9.74. The zero-order valence-corrected chi connectivity index (χ0v) is 14.8. The van der Waals surface area contributed by atoms with Gasteiger partial charge in [-0.1, -0.05) is 41.9 Å². The van der Waals surface area contributed by atoms with Gasteiger partial charge in [0.05, 0.1) is 18.2 Å². The Kier molecular flexibility index (Phi) is 7.36. The Morgan fingerprint density at radius 3 is 2.64 bits per heavy atom. The SMILES string of the molecule is CCOc1cc(/C=C/C(=O)O)cc(Cl)c1OCCCc1ccccc1. The third kappa shape index (κ3) is 6.16. The van der Waals surface area contributed by atoms with Crippen molar-refractivity contribution in [1.82, 2.24) is 0 Å². The van der Waals surface area contributed by atoms with Gasteiger partial charge in [-0.3, -0.25) is 0 Å². The first-order chi connectivity index (χ1) is 12.1. The van der Waals surface area contributed by atoms with Crippen molar-refractivity contribution < 1.29 is 19.4 Å². The lowest BCUT2D eigenvalue weighted by Gasteiger charge is -2.14. The minimum Gasteiger partial charge on any atom is -0.490 e. The number of carbonyl (C=O) groups is 1. The number of aliphatic carboxylic acids is 1. The Bertz CT molecular complexity index is 726. The smallest absolute Gasteiger partial charge is 0.328 e. The minimum atomic E-state index is -1.02. The lowest BCUT2D eigenvalue weighted by atomic mass is 10.1. The molecule has 0 radical (unpaired) electrons. The van der Waals surface area contributed by atoms with Gasteiger partial charge in [-0.05, 0) is 49.1 Å². The number of halogens is 1. The van der Waals surface area contributed by atoms with Crippen molar-refractivity contribution in [3.63, 3.8) is 0 Å². The van der Waals surface area contributed by atoms with Gasteiger partial charge in [0.1, 0.15) is 0 Å². The zero-order valence-electron chi connectivity index (χ0n) is 14.1. The molecule has 0 bridgehead atoms. The van der Waals surface area contributed by atoms with E-state index in [9.17, 15) is 4.79 Å². The number of benzene rings is 2. The van der Waals surface area contributed by atoms with Crippen molar-refractivity contribution in [2.45, 2.75) is 19.8 Å². The van der Waals surface area contributed by atoms with Gasteiger partial charge in [0.25, 0.3) is 0 Å². The third-order valence-corrected chi connectivity index (χ3v) is 3.73. The molecule has 0 aromatic heterocycles. The van der Waals surface area contributed by atoms with Crippen LogP contribution in [0.3, 0.4) is 0 Å². The molecular formula is C20H21ClO4. The quantitative estimate of drug-likeness (QED) is 0.513. The summed E-state index contributed by atoms with van der Waals surface area (Å²) in [6, 6.07) is 13.6. The molecule has 0 saturated heterocycles. The highest BCUT2D eigenvalue weighted by Gasteiger charge is 2.12. The Balaban J connectivity index is 2.04. The number of carboxylic acid groups (broad SMARTS) is 1. The summed E-state index contributed by atoms with van der Waals surface area (Å²) in [6.45, 7) is 2.84. The van der Waals surface area contributed by atoms with E-state index in [1.807, 2.05) is 25.1 Å². The van der Waals surface area contributed by atoms with Gasteiger partial charge in [-0.2, -0.15) is 0 Å². The fourth-order valence-electron chi connectivity index (χ4n) is 2.35. The molecule has 5 heteroatoms. The summed E-state index contributed by atoms with van der Waals surface area (Å²) in [4.78, 5) is 10.7. The van der Waals surface area contributed by atoms with E-state index >= 15 is 0 Å². The maximum absolute atomic E-state index is 10.7. The van der Waals surface area contributed by atoms with Crippen LogP contribution in [0.4, 0.5) is 0 Å². The van der Waals surface area contributed by atoms with E-state index in [-0.39, 0.29) is 0 Å². The van der Waals surface area contributed by atoms with Crippen molar-refractivity contribution >= 4 is 23.6 Å². The normalized spacial score (nSPS) is 10.8. The minimum absolute atomic E-state index is 0.399. The lowest BCUT2D eigenvalue weighted by molar-refractivity contribution is -0.131. The van der Waals surface area contributed by atoms with Gasteiger partial charge in [0.15, 0.2) is 11.5 Å². The molecule has 25 heavy (non-hydrogen) atoms. The number of rotatable bonds is 9. The molecule has 1 N–H and O–H groups in total. The van der Waals surface area contributed by atoms with Crippen LogP contribution in [0.25, 0.3) is 6.08 Å². The first-order valence-electron chi connectivity index (χ1n) is 8.14. The van der Waals surface area contributed by atoms with Gasteiger partial charge in [-0.25, -0.2) is 4.79 Å². The van der Waals surface area contributed by atoms with Crippen LogP contribution in [0.1, 0.15) is 24.5 Å². The molecule has 0 atom stereocenters. The second-order valence-corrected chi connectivity index (χ2v) is 5.78. The Morgan fingerprint density at radius 1 is 1.20 bits per heavy atom. The zero-order chi connectivity index (χ0) is 18.1. The molecule has 4 nitrogen and oxygen atoms in total. The third-order valence-electron chi connectivity index (χ3n) is 3.45. The standard InChI is InChI=1S/C20H21ClO4/c1-2-24-18-14-16(10-11-19(22)23)13-17(21)20(18)25-12-6-9-15-7-4-3-5-8-15/h3-5,7-8,10-11,13-14H,2,6,9,12H2,1H3,(H,22,23)/b11-10+. The van der Waals surface area contributed by atoms with Crippen LogP contribution in [-0.4, -0.2) is 24.3 Å². The summed E-state index contributed by atoms with van der Waals surface area (Å²) in [5, 5.41) is 9.13. The molecule has 0 saturated carbocycles. The Labute approximate surface area is 152 Å². The predicted molar refractivity (Wildman–Crippen MR) is 99.5 cm³/mol. The molecule has 132 valence electrons. The topological polar surface area (TPSA) is 55.8 Å². The highest BCUT2D eigenvalue weighted by molar-refractivity contribution is 6.32. The second-order valence-electron chi connectivity index (χ2n) is 5.37. The molecule has 0 spiro atoms. The molecule has 0 aliphatic heterocycles. The van der Waals surface area contributed by atoms with Crippen molar-refractivity contribution in [3.8, 4) is 11.5 Å². The highest BCUT2D eigenvalue weighted by Crippen LogP contribution is 2.37. The van der Waals surface area contributed by atoms with E-state index in [0.29, 0.717) is 35.3 Å². The van der Waals surface area contributed by atoms with Crippen molar-refractivity contribution in [3.05, 3.63) is 64.7 Å². The molecule has 0 amide bonds. The molecule has 0 aliphatic carbocycles. The van der Waals surface area contributed by atoms with Crippen LogP contribution in [0.5, 0.6) is 11.5 Å². The van der Waals surface area contributed by atoms with E-state index < -0.39 is 5.97 Å². The van der Waals surface area contributed by atoms with Crippen LogP contribution in [0.2, 0.25) is 5.02 Å². The highest BCUT2D eigenvalue weighted by atomic mass is 35.5.